The topological polar surface area (TPSA) is 0 Å². The summed E-state index contributed by atoms with van der Waals surface area (Å²) in [6, 6.07) is 0. The molecule has 0 spiro atoms. The van der Waals surface area contributed by atoms with Gasteiger partial charge in [0.05, 0.1) is 0 Å². The van der Waals surface area contributed by atoms with Gasteiger partial charge in [-0.1, -0.05) is 162 Å². The van der Waals surface area contributed by atoms with E-state index in [1.54, 1.807) is 0 Å². The average Bonchev–Trinajstić information content (AvgIpc) is 2.74. The number of unbranched alkanes of at least 4 members (excludes halogenated alkanes) is 15. The molecule has 0 fully saturated rings. The standard InChI is InChI=1S/C30H58/c1-5-7-9-21-25-29(3)27-23-19-17-15-13-11-12-14-16-18-20-24-28-30(4)26-22-10-8-6-2/h9,21,29-30H,1-2,5-8,10-20,22-28H2,3-4H3. The minimum atomic E-state index is 0.859. The Morgan fingerprint density at radius 2 is 0.867 bits per heavy atom. The summed E-state index contributed by atoms with van der Waals surface area (Å²) in [4.78, 5) is 0. The van der Waals surface area contributed by atoms with E-state index in [2.05, 4.69) is 39.8 Å². The number of hydrogen-bond acceptors (Lipinski definition) is 0. The van der Waals surface area contributed by atoms with Crippen molar-refractivity contribution in [1.29, 1.82) is 0 Å². The van der Waals surface area contributed by atoms with Crippen LogP contribution in [0.15, 0.2) is 12.2 Å². The van der Waals surface area contributed by atoms with Crippen molar-refractivity contribution in [2.45, 2.75) is 155 Å². The molecule has 0 aromatic carbocycles. The van der Waals surface area contributed by atoms with Crippen molar-refractivity contribution in [1.82, 2.24) is 0 Å². The SMILES string of the molecule is [CH2]CCC=CCC(C)CCCCCCCCCCCCCCC(C)CCCCC[CH2]. The Bertz CT molecular complexity index is 329. The molecular formula is C30H58. The van der Waals surface area contributed by atoms with Gasteiger partial charge >= 0.3 is 0 Å². The number of rotatable bonds is 24. The Hall–Kier alpha value is -0.260. The van der Waals surface area contributed by atoms with Crippen molar-refractivity contribution < 1.29 is 0 Å². The Labute approximate surface area is 193 Å². The number of allylic oxidation sites excluding steroid dienone is 2. The van der Waals surface area contributed by atoms with Gasteiger partial charge in [0.2, 0.25) is 0 Å². The average molecular weight is 419 g/mol. The molecule has 0 aliphatic carbocycles. The van der Waals surface area contributed by atoms with Crippen molar-refractivity contribution >= 4 is 0 Å². The van der Waals surface area contributed by atoms with Gasteiger partial charge in [0, 0.05) is 0 Å². The van der Waals surface area contributed by atoms with Crippen molar-refractivity contribution in [3.05, 3.63) is 26.0 Å². The molecule has 0 saturated carbocycles. The van der Waals surface area contributed by atoms with Crippen LogP contribution in [0, 0.1) is 25.7 Å². The molecule has 0 rings (SSSR count). The highest BCUT2D eigenvalue weighted by Crippen LogP contribution is 2.19. The van der Waals surface area contributed by atoms with E-state index in [0.717, 1.165) is 31.1 Å². The summed E-state index contributed by atoms with van der Waals surface area (Å²) < 4.78 is 0. The molecule has 2 atom stereocenters. The van der Waals surface area contributed by atoms with Gasteiger partial charge in [-0.2, -0.15) is 0 Å². The third-order valence-corrected chi connectivity index (χ3v) is 6.67. The number of hydrogen-bond donors (Lipinski definition) is 0. The van der Waals surface area contributed by atoms with Crippen LogP contribution in [0.25, 0.3) is 0 Å². The van der Waals surface area contributed by atoms with Gasteiger partial charge in [-0.15, -0.1) is 0 Å². The lowest BCUT2D eigenvalue weighted by Gasteiger charge is -2.10. The third-order valence-electron chi connectivity index (χ3n) is 6.67. The minimum absolute atomic E-state index is 0.859. The quantitative estimate of drug-likeness (QED) is 0.108. The monoisotopic (exact) mass is 418 g/mol. The van der Waals surface area contributed by atoms with Gasteiger partial charge in [0.25, 0.3) is 0 Å². The van der Waals surface area contributed by atoms with E-state index in [1.807, 2.05) is 0 Å². The third kappa shape index (κ3) is 24.0. The van der Waals surface area contributed by atoms with Crippen LogP contribution in [0.4, 0.5) is 0 Å². The molecule has 0 bridgehead atoms. The lowest BCUT2D eigenvalue weighted by Crippen LogP contribution is -1.95. The zero-order valence-corrected chi connectivity index (χ0v) is 21.3. The summed E-state index contributed by atoms with van der Waals surface area (Å²) in [6.45, 7) is 12.7. The fourth-order valence-electron chi connectivity index (χ4n) is 4.43. The van der Waals surface area contributed by atoms with Gasteiger partial charge < -0.3 is 0 Å². The van der Waals surface area contributed by atoms with Crippen LogP contribution in [-0.2, 0) is 0 Å². The molecule has 30 heavy (non-hydrogen) atoms. The molecule has 0 aliphatic heterocycles. The Morgan fingerprint density at radius 1 is 0.467 bits per heavy atom. The highest BCUT2D eigenvalue weighted by molar-refractivity contribution is 4.83. The molecule has 0 aromatic rings. The molecule has 0 heterocycles. The van der Waals surface area contributed by atoms with E-state index < -0.39 is 0 Å². The molecule has 0 aromatic heterocycles. The van der Waals surface area contributed by atoms with Crippen LogP contribution >= 0.6 is 0 Å². The van der Waals surface area contributed by atoms with Crippen molar-refractivity contribution in [3.8, 4) is 0 Å². The highest BCUT2D eigenvalue weighted by Gasteiger charge is 2.02. The largest absolute Gasteiger partial charge is 0.0885 e. The van der Waals surface area contributed by atoms with E-state index in [-0.39, 0.29) is 0 Å². The Morgan fingerprint density at radius 3 is 1.30 bits per heavy atom. The maximum atomic E-state index is 3.93. The summed E-state index contributed by atoms with van der Waals surface area (Å²) in [6.07, 6.45) is 35.2. The van der Waals surface area contributed by atoms with Gasteiger partial charge in [-0.05, 0) is 31.1 Å². The summed E-state index contributed by atoms with van der Waals surface area (Å²) >= 11 is 0. The first-order valence-corrected chi connectivity index (χ1v) is 13.9. The van der Waals surface area contributed by atoms with E-state index in [9.17, 15) is 0 Å². The van der Waals surface area contributed by atoms with Gasteiger partial charge in [0.1, 0.15) is 0 Å². The van der Waals surface area contributed by atoms with Crippen LogP contribution in [0.2, 0.25) is 0 Å². The summed E-state index contributed by atoms with van der Waals surface area (Å²) in [5.74, 6) is 1.80. The van der Waals surface area contributed by atoms with E-state index in [0.29, 0.717) is 0 Å². The first-order valence-electron chi connectivity index (χ1n) is 13.9. The van der Waals surface area contributed by atoms with E-state index >= 15 is 0 Å². The minimum Gasteiger partial charge on any atom is -0.0885 e. The molecule has 0 heteroatoms. The van der Waals surface area contributed by atoms with Crippen molar-refractivity contribution in [2.75, 3.05) is 0 Å². The fourth-order valence-corrected chi connectivity index (χ4v) is 4.43. The smallest absolute Gasteiger partial charge is 0.0325 e. The molecule has 2 radical (unpaired) electrons. The van der Waals surface area contributed by atoms with Crippen LogP contribution in [-0.4, -0.2) is 0 Å². The van der Waals surface area contributed by atoms with Gasteiger partial charge in [0.15, 0.2) is 0 Å². The lowest BCUT2D eigenvalue weighted by atomic mass is 9.96. The first kappa shape index (κ1) is 29.7. The second kappa shape index (κ2) is 25.0. The molecular weight excluding hydrogens is 360 g/mol. The predicted molar refractivity (Wildman–Crippen MR) is 140 cm³/mol. The van der Waals surface area contributed by atoms with Gasteiger partial charge in [-0.25, -0.2) is 0 Å². The first-order chi connectivity index (χ1) is 14.7. The van der Waals surface area contributed by atoms with Crippen molar-refractivity contribution in [2.24, 2.45) is 11.8 Å². The van der Waals surface area contributed by atoms with Crippen LogP contribution in [0.5, 0.6) is 0 Å². The second-order valence-corrected chi connectivity index (χ2v) is 10.1. The lowest BCUT2D eigenvalue weighted by molar-refractivity contribution is 0.433. The molecule has 2 unspecified atom stereocenters. The van der Waals surface area contributed by atoms with Crippen LogP contribution < -0.4 is 0 Å². The molecule has 0 amide bonds. The molecule has 178 valence electrons. The van der Waals surface area contributed by atoms with Crippen LogP contribution in [0.3, 0.4) is 0 Å². The van der Waals surface area contributed by atoms with Crippen molar-refractivity contribution in [3.63, 3.8) is 0 Å². The fraction of sp³-hybridized carbons (Fsp3) is 0.867. The molecule has 0 aliphatic rings. The van der Waals surface area contributed by atoms with Gasteiger partial charge in [-0.3, -0.25) is 0 Å². The maximum Gasteiger partial charge on any atom is -0.0325 e. The summed E-state index contributed by atoms with van der Waals surface area (Å²) in [5.41, 5.74) is 0. The summed E-state index contributed by atoms with van der Waals surface area (Å²) in [7, 11) is 0. The normalized spacial score (nSPS) is 13.9. The molecule has 0 saturated heterocycles. The zero-order valence-electron chi connectivity index (χ0n) is 21.3. The Balaban J connectivity index is 3.19. The highest BCUT2D eigenvalue weighted by atomic mass is 14.1. The summed E-state index contributed by atoms with van der Waals surface area (Å²) in [5, 5.41) is 0. The zero-order chi connectivity index (χ0) is 22.1. The molecule has 0 nitrogen and oxygen atoms in total. The van der Waals surface area contributed by atoms with E-state index in [4.69, 9.17) is 0 Å². The van der Waals surface area contributed by atoms with Crippen LogP contribution in [0.1, 0.15) is 155 Å². The Kier molecular flexibility index (Phi) is 24.8. The second-order valence-electron chi connectivity index (χ2n) is 10.1. The maximum absolute atomic E-state index is 3.93. The van der Waals surface area contributed by atoms with E-state index in [1.165, 1.54) is 122 Å². The predicted octanol–water partition coefficient (Wildman–Crippen LogP) is 11.1. The molecule has 0 N–H and O–H groups in total.